The molecule has 1 N–H and O–H groups in total. The number of rotatable bonds is 9. The second kappa shape index (κ2) is 10.5. The molecule has 168 valence electrons. The molecule has 0 saturated carbocycles. The van der Waals surface area contributed by atoms with Crippen LogP contribution in [0, 0.1) is 0 Å². The summed E-state index contributed by atoms with van der Waals surface area (Å²) in [5.41, 5.74) is 2.06. The van der Waals surface area contributed by atoms with E-state index < -0.39 is 6.04 Å². The van der Waals surface area contributed by atoms with Gasteiger partial charge in [0.1, 0.15) is 11.8 Å². The SMILES string of the molecule is COc1ccc(-c2ccc(=O)n(C(C)C(=O)NCCc3ccc(OC)c(OC)c3)n2)cc1. The highest BCUT2D eigenvalue weighted by Gasteiger charge is 2.18. The van der Waals surface area contributed by atoms with Crippen LogP contribution in [0.5, 0.6) is 17.2 Å². The molecule has 8 heteroatoms. The number of amides is 1. The van der Waals surface area contributed by atoms with Crippen LogP contribution in [-0.2, 0) is 11.2 Å². The fraction of sp³-hybridized carbons (Fsp3) is 0.292. The molecular formula is C24H27N3O5. The normalized spacial score (nSPS) is 11.5. The Morgan fingerprint density at radius 1 is 0.969 bits per heavy atom. The lowest BCUT2D eigenvalue weighted by molar-refractivity contribution is -0.124. The Bertz CT molecular complexity index is 1130. The van der Waals surface area contributed by atoms with Gasteiger partial charge in [-0.25, -0.2) is 4.68 Å². The summed E-state index contributed by atoms with van der Waals surface area (Å²) in [5.74, 6) is 1.73. The zero-order valence-corrected chi connectivity index (χ0v) is 18.6. The van der Waals surface area contributed by atoms with Crippen LogP contribution in [-0.4, -0.2) is 43.6 Å². The molecule has 1 aromatic heterocycles. The summed E-state index contributed by atoms with van der Waals surface area (Å²) >= 11 is 0. The highest BCUT2D eigenvalue weighted by atomic mass is 16.5. The maximum atomic E-state index is 12.7. The van der Waals surface area contributed by atoms with Gasteiger partial charge in [-0.05, 0) is 61.4 Å². The number of carbonyl (C=O) groups excluding carboxylic acids is 1. The Labute approximate surface area is 186 Å². The summed E-state index contributed by atoms with van der Waals surface area (Å²) in [6.07, 6.45) is 0.604. The topological polar surface area (TPSA) is 91.7 Å². The van der Waals surface area contributed by atoms with Crippen LogP contribution in [0.1, 0.15) is 18.5 Å². The van der Waals surface area contributed by atoms with Crippen molar-refractivity contribution in [2.75, 3.05) is 27.9 Å². The minimum absolute atomic E-state index is 0.285. The van der Waals surface area contributed by atoms with Gasteiger partial charge in [-0.3, -0.25) is 9.59 Å². The van der Waals surface area contributed by atoms with Crippen LogP contribution in [0.15, 0.2) is 59.4 Å². The van der Waals surface area contributed by atoms with Gasteiger partial charge in [0, 0.05) is 18.2 Å². The summed E-state index contributed by atoms with van der Waals surface area (Å²) in [7, 11) is 4.76. The van der Waals surface area contributed by atoms with Gasteiger partial charge < -0.3 is 19.5 Å². The molecule has 0 fully saturated rings. The zero-order valence-electron chi connectivity index (χ0n) is 18.6. The molecule has 0 aliphatic rings. The van der Waals surface area contributed by atoms with Gasteiger partial charge in [-0.1, -0.05) is 6.07 Å². The Morgan fingerprint density at radius 3 is 2.34 bits per heavy atom. The first kappa shape index (κ1) is 22.9. The highest BCUT2D eigenvalue weighted by molar-refractivity contribution is 5.79. The van der Waals surface area contributed by atoms with Crippen LogP contribution in [0.2, 0.25) is 0 Å². The molecule has 1 amide bonds. The van der Waals surface area contributed by atoms with Crippen molar-refractivity contribution in [1.82, 2.24) is 15.1 Å². The maximum absolute atomic E-state index is 12.7. The second-order valence-electron chi connectivity index (χ2n) is 7.14. The minimum atomic E-state index is -0.758. The largest absolute Gasteiger partial charge is 0.497 e. The average Bonchev–Trinajstić information content (AvgIpc) is 2.83. The average molecular weight is 437 g/mol. The molecule has 2 aromatic carbocycles. The van der Waals surface area contributed by atoms with Crippen molar-refractivity contribution in [2.45, 2.75) is 19.4 Å². The fourth-order valence-electron chi connectivity index (χ4n) is 3.24. The van der Waals surface area contributed by atoms with Crippen molar-refractivity contribution >= 4 is 5.91 Å². The van der Waals surface area contributed by atoms with E-state index in [1.54, 1.807) is 34.3 Å². The first-order valence-corrected chi connectivity index (χ1v) is 10.2. The van der Waals surface area contributed by atoms with Crippen molar-refractivity contribution in [3.8, 4) is 28.5 Å². The van der Waals surface area contributed by atoms with Gasteiger partial charge in [-0.15, -0.1) is 0 Å². The number of nitrogens with zero attached hydrogens (tertiary/aromatic N) is 2. The van der Waals surface area contributed by atoms with E-state index in [4.69, 9.17) is 14.2 Å². The third kappa shape index (κ3) is 5.26. The molecule has 3 rings (SSSR count). The Balaban J connectivity index is 1.67. The van der Waals surface area contributed by atoms with Gasteiger partial charge in [-0.2, -0.15) is 5.10 Å². The first-order chi connectivity index (χ1) is 15.5. The lowest BCUT2D eigenvalue weighted by Gasteiger charge is -2.15. The number of carbonyl (C=O) groups is 1. The van der Waals surface area contributed by atoms with Crippen LogP contribution >= 0.6 is 0 Å². The van der Waals surface area contributed by atoms with Crippen molar-refractivity contribution in [2.24, 2.45) is 0 Å². The summed E-state index contributed by atoms with van der Waals surface area (Å²) in [5, 5.41) is 7.27. The van der Waals surface area contributed by atoms with Gasteiger partial charge >= 0.3 is 0 Å². The number of nitrogens with one attached hydrogen (secondary N) is 1. The van der Waals surface area contributed by atoms with Crippen molar-refractivity contribution < 1.29 is 19.0 Å². The molecule has 0 saturated heterocycles. The highest BCUT2D eigenvalue weighted by Crippen LogP contribution is 2.27. The van der Waals surface area contributed by atoms with E-state index in [1.165, 1.54) is 10.7 Å². The number of benzene rings is 2. The van der Waals surface area contributed by atoms with Crippen molar-refractivity contribution in [3.05, 3.63) is 70.5 Å². The third-order valence-corrected chi connectivity index (χ3v) is 5.12. The predicted molar refractivity (Wildman–Crippen MR) is 121 cm³/mol. The fourth-order valence-corrected chi connectivity index (χ4v) is 3.24. The second-order valence-corrected chi connectivity index (χ2v) is 7.14. The third-order valence-electron chi connectivity index (χ3n) is 5.12. The van der Waals surface area contributed by atoms with Gasteiger partial charge in [0.2, 0.25) is 5.91 Å². The number of hydrogen-bond donors (Lipinski definition) is 1. The molecule has 1 heterocycles. The maximum Gasteiger partial charge on any atom is 0.267 e. The van der Waals surface area contributed by atoms with Gasteiger partial charge in [0.25, 0.3) is 5.56 Å². The lowest BCUT2D eigenvalue weighted by Crippen LogP contribution is -2.37. The van der Waals surface area contributed by atoms with Crippen LogP contribution in [0.3, 0.4) is 0 Å². The van der Waals surface area contributed by atoms with Crippen LogP contribution in [0.4, 0.5) is 0 Å². The monoisotopic (exact) mass is 437 g/mol. The molecule has 32 heavy (non-hydrogen) atoms. The van der Waals surface area contributed by atoms with E-state index >= 15 is 0 Å². The van der Waals surface area contributed by atoms with Crippen molar-refractivity contribution in [3.63, 3.8) is 0 Å². The molecule has 0 bridgehead atoms. The van der Waals surface area contributed by atoms with E-state index in [0.717, 1.165) is 16.9 Å². The Kier molecular flexibility index (Phi) is 7.49. The molecular weight excluding hydrogens is 410 g/mol. The molecule has 8 nitrogen and oxygen atoms in total. The van der Waals surface area contributed by atoms with E-state index in [1.807, 2.05) is 42.5 Å². The lowest BCUT2D eigenvalue weighted by atomic mass is 10.1. The van der Waals surface area contributed by atoms with E-state index in [0.29, 0.717) is 30.2 Å². The standard InChI is InChI=1S/C24H27N3O5/c1-16(24(29)25-14-13-17-5-11-21(31-3)22(15-17)32-4)27-23(28)12-10-20(26-27)18-6-8-19(30-2)9-7-18/h5-12,15-16H,13-14H2,1-4H3,(H,25,29). The predicted octanol–water partition coefficient (Wildman–Crippen LogP) is 2.86. The Morgan fingerprint density at radius 2 is 1.69 bits per heavy atom. The van der Waals surface area contributed by atoms with E-state index in [-0.39, 0.29) is 11.5 Å². The number of methoxy groups -OCH3 is 3. The molecule has 0 radical (unpaired) electrons. The molecule has 0 aliphatic carbocycles. The zero-order chi connectivity index (χ0) is 23.1. The first-order valence-electron chi connectivity index (χ1n) is 10.2. The van der Waals surface area contributed by atoms with Crippen LogP contribution < -0.4 is 25.1 Å². The van der Waals surface area contributed by atoms with Gasteiger partial charge in [0.05, 0.1) is 27.0 Å². The minimum Gasteiger partial charge on any atom is -0.497 e. The quantitative estimate of drug-likeness (QED) is 0.554. The molecule has 1 unspecified atom stereocenters. The number of ether oxygens (including phenoxy) is 3. The summed E-state index contributed by atoms with van der Waals surface area (Å²) in [4.78, 5) is 25.0. The van der Waals surface area contributed by atoms with E-state index in [2.05, 4.69) is 10.4 Å². The van der Waals surface area contributed by atoms with Crippen LogP contribution in [0.25, 0.3) is 11.3 Å². The summed E-state index contributed by atoms with van der Waals surface area (Å²) in [6.45, 7) is 2.06. The summed E-state index contributed by atoms with van der Waals surface area (Å²) < 4.78 is 16.9. The van der Waals surface area contributed by atoms with Gasteiger partial charge in [0.15, 0.2) is 11.5 Å². The van der Waals surface area contributed by atoms with Crippen molar-refractivity contribution in [1.29, 1.82) is 0 Å². The Hall–Kier alpha value is -3.81. The smallest absolute Gasteiger partial charge is 0.267 e. The van der Waals surface area contributed by atoms with E-state index in [9.17, 15) is 9.59 Å². The molecule has 0 aliphatic heterocycles. The number of aromatic nitrogens is 2. The molecule has 1 atom stereocenters. The number of hydrogen-bond acceptors (Lipinski definition) is 6. The molecule has 0 spiro atoms. The molecule has 3 aromatic rings. The summed E-state index contributed by atoms with van der Waals surface area (Å²) in [6, 6.07) is 15.3.